The highest BCUT2D eigenvalue weighted by atomic mass is 32.2. The normalized spacial score (nSPS) is 11.3. The third-order valence-corrected chi connectivity index (χ3v) is 4.13. The molecule has 5 heteroatoms. The van der Waals surface area contributed by atoms with Gasteiger partial charge in [-0.25, -0.2) is 13.6 Å². The molecule has 0 unspecified atom stereocenters. The predicted octanol–water partition coefficient (Wildman–Crippen LogP) is 4.38. The fourth-order valence-corrected chi connectivity index (χ4v) is 2.71. The second-order valence-corrected chi connectivity index (χ2v) is 5.50. The molecule has 0 bridgehead atoms. The van der Waals surface area contributed by atoms with Crippen LogP contribution in [0.3, 0.4) is 0 Å². The summed E-state index contributed by atoms with van der Waals surface area (Å²) in [6.45, 7) is 5.56. The molecule has 0 aliphatic heterocycles. The van der Waals surface area contributed by atoms with Crippen LogP contribution in [0.15, 0.2) is 17.0 Å². The molecule has 0 aromatic heterocycles. The number of alkyl halides is 2. The summed E-state index contributed by atoms with van der Waals surface area (Å²) < 4.78 is 25.8. The molecule has 0 aliphatic rings. The third kappa shape index (κ3) is 3.45. The molecule has 0 fully saturated rings. The topological polar surface area (TPSA) is 37.3 Å². The molecular weight excluding hydrogens is 258 g/mol. The summed E-state index contributed by atoms with van der Waals surface area (Å²) in [6, 6.07) is 2.46. The minimum Gasteiger partial charge on any atom is -0.478 e. The van der Waals surface area contributed by atoms with Gasteiger partial charge in [0.05, 0.1) is 5.56 Å². The van der Waals surface area contributed by atoms with Crippen LogP contribution in [0.2, 0.25) is 0 Å². The zero-order valence-corrected chi connectivity index (χ0v) is 11.4. The van der Waals surface area contributed by atoms with Crippen LogP contribution < -0.4 is 0 Å². The van der Waals surface area contributed by atoms with Gasteiger partial charge in [-0.05, 0) is 24.5 Å². The highest BCUT2D eigenvalue weighted by molar-refractivity contribution is 7.99. The molecule has 0 heterocycles. The van der Waals surface area contributed by atoms with Crippen LogP contribution >= 0.6 is 11.8 Å². The van der Waals surface area contributed by atoms with Gasteiger partial charge >= 0.3 is 5.97 Å². The predicted molar refractivity (Wildman–Crippen MR) is 68.7 cm³/mol. The molecule has 0 amide bonds. The lowest BCUT2D eigenvalue weighted by molar-refractivity contribution is 0.0695. The van der Waals surface area contributed by atoms with Crippen molar-refractivity contribution in [3.63, 3.8) is 0 Å². The van der Waals surface area contributed by atoms with Gasteiger partial charge in [0.1, 0.15) is 0 Å². The summed E-state index contributed by atoms with van der Waals surface area (Å²) in [7, 11) is 0. The molecule has 0 aliphatic carbocycles. The zero-order valence-electron chi connectivity index (χ0n) is 10.5. The van der Waals surface area contributed by atoms with Crippen molar-refractivity contribution < 1.29 is 18.7 Å². The standard InChI is InChI=1S/C13H16F2O2S/c1-7(2)6-18-11-8(3)9(13(16)17)4-5-10(11)12(14)15/h4-5,7,12H,6H2,1-3H3,(H,16,17). The minimum atomic E-state index is -2.58. The second kappa shape index (κ2) is 6.18. The van der Waals surface area contributed by atoms with E-state index in [2.05, 4.69) is 0 Å². The van der Waals surface area contributed by atoms with Gasteiger partial charge in [0.15, 0.2) is 0 Å². The molecule has 1 N–H and O–H groups in total. The van der Waals surface area contributed by atoms with Crippen molar-refractivity contribution >= 4 is 17.7 Å². The van der Waals surface area contributed by atoms with Gasteiger partial charge in [0, 0.05) is 16.2 Å². The molecule has 2 nitrogen and oxygen atoms in total. The highest BCUT2D eigenvalue weighted by Crippen LogP contribution is 2.35. The van der Waals surface area contributed by atoms with Gasteiger partial charge in [-0.2, -0.15) is 0 Å². The Balaban J connectivity index is 3.22. The molecule has 0 saturated heterocycles. The summed E-state index contributed by atoms with van der Waals surface area (Å²) in [5, 5.41) is 9.00. The Morgan fingerprint density at radius 1 is 1.39 bits per heavy atom. The number of benzene rings is 1. The number of carboxylic acid groups (broad SMARTS) is 1. The number of thioether (sulfide) groups is 1. The van der Waals surface area contributed by atoms with Crippen molar-refractivity contribution in [2.45, 2.75) is 32.1 Å². The quantitative estimate of drug-likeness (QED) is 0.810. The first-order valence-corrected chi connectivity index (χ1v) is 6.60. The summed E-state index contributed by atoms with van der Waals surface area (Å²) in [5.74, 6) is -0.0444. The van der Waals surface area contributed by atoms with Gasteiger partial charge in [0.25, 0.3) is 6.43 Å². The Bertz CT molecular complexity index is 445. The van der Waals surface area contributed by atoms with Crippen LogP contribution in [-0.2, 0) is 0 Å². The monoisotopic (exact) mass is 274 g/mol. The van der Waals surface area contributed by atoms with Crippen molar-refractivity contribution in [2.75, 3.05) is 5.75 Å². The summed E-state index contributed by atoms with van der Waals surface area (Å²) in [6.07, 6.45) is -2.58. The van der Waals surface area contributed by atoms with Gasteiger partial charge < -0.3 is 5.11 Å². The number of aromatic carboxylic acids is 1. The van der Waals surface area contributed by atoms with E-state index in [9.17, 15) is 13.6 Å². The Labute approximate surface area is 109 Å². The van der Waals surface area contributed by atoms with E-state index < -0.39 is 12.4 Å². The van der Waals surface area contributed by atoms with E-state index in [0.717, 1.165) is 0 Å². The molecular formula is C13H16F2O2S. The first-order valence-electron chi connectivity index (χ1n) is 5.62. The molecule has 1 aromatic carbocycles. The fraction of sp³-hybridized carbons (Fsp3) is 0.462. The van der Waals surface area contributed by atoms with Crippen molar-refractivity contribution in [3.8, 4) is 0 Å². The number of rotatable bonds is 5. The van der Waals surface area contributed by atoms with E-state index in [0.29, 0.717) is 22.1 Å². The van der Waals surface area contributed by atoms with Crippen LogP contribution in [0.1, 0.15) is 41.8 Å². The molecule has 0 spiro atoms. The maximum Gasteiger partial charge on any atom is 0.335 e. The Kier molecular flexibility index (Phi) is 5.14. The van der Waals surface area contributed by atoms with E-state index in [4.69, 9.17) is 5.11 Å². The van der Waals surface area contributed by atoms with Crippen molar-refractivity contribution in [2.24, 2.45) is 5.92 Å². The van der Waals surface area contributed by atoms with E-state index in [1.54, 1.807) is 6.92 Å². The summed E-state index contributed by atoms with van der Waals surface area (Å²) >= 11 is 1.30. The average Bonchev–Trinajstić information content (AvgIpc) is 2.25. The van der Waals surface area contributed by atoms with Gasteiger partial charge in [-0.15, -0.1) is 11.8 Å². The van der Waals surface area contributed by atoms with Gasteiger partial charge in [-0.1, -0.05) is 19.9 Å². The van der Waals surface area contributed by atoms with Gasteiger partial charge in [0.2, 0.25) is 0 Å². The molecule has 0 saturated carbocycles. The molecule has 0 radical (unpaired) electrons. The first-order chi connectivity index (χ1) is 8.34. The lowest BCUT2D eigenvalue weighted by Gasteiger charge is -2.14. The third-order valence-electron chi connectivity index (χ3n) is 2.46. The Hall–Kier alpha value is -1.10. The van der Waals surface area contributed by atoms with Crippen molar-refractivity contribution in [3.05, 3.63) is 28.8 Å². The molecule has 100 valence electrons. The van der Waals surface area contributed by atoms with Crippen molar-refractivity contribution in [1.29, 1.82) is 0 Å². The number of halogens is 2. The zero-order chi connectivity index (χ0) is 13.9. The van der Waals surface area contributed by atoms with Gasteiger partial charge in [-0.3, -0.25) is 0 Å². The van der Waals surface area contributed by atoms with Crippen LogP contribution in [0.5, 0.6) is 0 Å². The number of carbonyl (C=O) groups is 1. The largest absolute Gasteiger partial charge is 0.478 e. The van der Waals surface area contributed by atoms with Crippen LogP contribution in [-0.4, -0.2) is 16.8 Å². The number of hydrogen-bond donors (Lipinski definition) is 1. The lowest BCUT2D eigenvalue weighted by Crippen LogP contribution is -2.04. The van der Waals surface area contributed by atoms with E-state index >= 15 is 0 Å². The second-order valence-electron chi connectivity index (χ2n) is 4.47. The van der Waals surface area contributed by atoms with E-state index in [1.807, 2.05) is 13.8 Å². The van der Waals surface area contributed by atoms with Crippen LogP contribution in [0.4, 0.5) is 8.78 Å². The number of hydrogen-bond acceptors (Lipinski definition) is 2. The van der Waals surface area contributed by atoms with Crippen LogP contribution in [0.25, 0.3) is 0 Å². The minimum absolute atomic E-state index is 0.0804. The molecule has 18 heavy (non-hydrogen) atoms. The summed E-state index contributed by atoms with van der Waals surface area (Å²) in [5.41, 5.74) is 0.430. The summed E-state index contributed by atoms with van der Waals surface area (Å²) in [4.78, 5) is 11.4. The Morgan fingerprint density at radius 2 is 2.00 bits per heavy atom. The first kappa shape index (κ1) is 15.0. The average molecular weight is 274 g/mol. The molecule has 1 aromatic rings. The van der Waals surface area contributed by atoms with E-state index in [-0.39, 0.29) is 11.1 Å². The van der Waals surface area contributed by atoms with Crippen molar-refractivity contribution in [1.82, 2.24) is 0 Å². The maximum absolute atomic E-state index is 12.9. The smallest absolute Gasteiger partial charge is 0.335 e. The fourth-order valence-electron chi connectivity index (χ4n) is 1.56. The maximum atomic E-state index is 12.9. The highest BCUT2D eigenvalue weighted by Gasteiger charge is 2.20. The molecule has 0 atom stereocenters. The number of carboxylic acids is 1. The molecule has 1 rings (SSSR count). The SMILES string of the molecule is Cc1c(C(=O)O)ccc(C(F)F)c1SCC(C)C. The van der Waals surface area contributed by atoms with Crippen LogP contribution in [0, 0.1) is 12.8 Å². The van der Waals surface area contributed by atoms with E-state index in [1.165, 1.54) is 23.9 Å². The Morgan fingerprint density at radius 3 is 2.44 bits per heavy atom. The lowest BCUT2D eigenvalue weighted by atomic mass is 10.1.